The van der Waals surface area contributed by atoms with E-state index in [1.54, 1.807) is 0 Å². The van der Waals surface area contributed by atoms with Crippen LogP contribution in [0.2, 0.25) is 0 Å². The Labute approximate surface area is 141 Å². The first kappa shape index (κ1) is 16.7. The van der Waals surface area contributed by atoms with E-state index in [-0.39, 0.29) is 17.6 Å². The van der Waals surface area contributed by atoms with E-state index in [1.807, 2.05) is 19.1 Å². The molecule has 3 rings (SSSR count). The summed E-state index contributed by atoms with van der Waals surface area (Å²) in [7, 11) is 0. The number of carbonyl (C=O) groups excluding carboxylic acids is 1. The van der Waals surface area contributed by atoms with Crippen LogP contribution in [-0.2, 0) is 16.0 Å². The second kappa shape index (κ2) is 7.18. The second-order valence-corrected chi connectivity index (χ2v) is 6.59. The van der Waals surface area contributed by atoms with E-state index in [0.29, 0.717) is 24.9 Å². The van der Waals surface area contributed by atoms with Gasteiger partial charge >= 0.3 is 0 Å². The summed E-state index contributed by atoms with van der Waals surface area (Å²) in [6.07, 6.45) is 2.96. The Balaban J connectivity index is 1.64. The first-order chi connectivity index (χ1) is 11.5. The largest absolute Gasteiger partial charge is 0.376 e. The summed E-state index contributed by atoms with van der Waals surface area (Å²) in [5, 5.41) is 3.90. The van der Waals surface area contributed by atoms with Crippen molar-refractivity contribution in [3.05, 3.63) is 45.2 Å². The maximum absolute atomic E-state index is 12.2. The summed E-state index contributed by atoms with van der Waals surface area (Å²) < 4.78 is 5.48. The Hall–Kier alpha value is -2.14. The molecule has 1 aliphatic heterocycles. The molecule has 2 N–H and O–H groups in total. The number of H-pyrrole nitrogens is 1. The number of hydrogen-bond acceptors (Lipinski definition) is 3. The molecule has 0 bridgehead atoms. The van der Waals surface area contributed by atoms with Crippen molar-refractivity contribution < 1.29 is 9.53 Å². The number of rotatable bonds is 5. The Bertz CT molecular complexity index is 804. The monoisotopic (exact) mass is 328 g/mol. The van der Waals surface area contributed by atoms with Gasteiger partial charge in [-0.05, 0) is 67.8 Å². The number of fused-ring (bicyclic) bond motifs is 1. The number of aromatic nitrogens is 1. The van der Waals surface area contributed by atoms with E-state index in [0.717, 1.165) is 35.9 Å². The van der Waals surface area contributed by atoms with Crippen LogP contribution in [0, 0.1) is 13.8 Å². The molecule has 0 radical (unpaired) electrons. The Morgan fingerprint density at radius 3 is 2.83 bits per heavy atom. The van der Waals surface area contributed by atoms with E-state index in [2.05, 4.69) is 23.3 Å². The third kappa shape index (κ3) is 3.85. The molecule has 1 saturated heterocycles. The van der Waals surface area contributed by atoms with Gasteiger partial charge in [0.05, 0.1) is 6.10 Å². The fraction of sp³-hybridized carbons (Fsp3) is 0.474. The average molecular weight is 328 g/mol. The molecule has 1 atom stereocenters. The van der Waals surface area contributed by atoms with E-state index in [4.69, 9.17) is 4.74 Å². The number of pyridine rings is 1. The van der Waals surface area contributed by atoms with Gasteiger partial charge in [-0.2, -0.15) is 0 Å². The predicted molar refractivity (Wildman–Crippen MR) is 94.3 cm³/mol. The zero-order valence-electron chi connectivity index (χ0n) is 14.3. The minimum absolute atomic E-state index is 0.0370. The molecule has 1 aromatic carbocycles. The van der Waals surface area contributed by atoms with Crippen molar-refractivity contribution in [3.8, 4) is 0 Å². The minimum Gasteiger partial charge on any atom is -0.376 e. The number of aromatic amines is 1. The van der Waals surface area contributed by atoms with Gasteiger partial charge in [0, 0.05) is 30.7 Å². The lowest BCUT2D eigenvalue weighted by Crippen LogP contribution is -2.32. The lowest BCUT2D eigenvalue weighted by atomic mass is 10.0. The lowest BCUT2D eigenvalue weighted by Gasteiger charge is -2.11. The quantitative estimate of drug-likeness (QED) is 0.885. The highest BCUT2D eigenvalue weighted by Crippen LogP contribution is 2.17. The first-order valence-electron chi connectivity index (χ1n) is 8.54. The summed E-state index contributed by atoms with van der Waals surface area (Å²) in [6, 6.07) is 5.96. The highest BCUT2D eigenvalue weighted by Gasteiger charge is 2.16. The second-order valence-electron chi connectivity index (χ2n) is 6.59. The fourth-order valence-electron chi connectivity index (χ4n) is 3.08. The van der Waals surface area contributed by atoms with Crippen molar-refractivity contribution in [2.45, 2.75) is 45.6 Å². The van der Waals surface area contributed by atoms with Crippen molar-refractivity contribution in [1.29, 1.82) is 0 Å². The summed E-state index contributed by atoms with van der Waals surface area (Å²) in [6.45, 7) is 5.43. The molecule has 128 valence electrons. The van der Waals surface area contributed by atoms with Crippen LogP contribution in [0.5, 0.6) is 0 Å². The molecule has 2 aromatic rings. The fourth-order valence-corrected chi connectivity index (χ4v) is 3.08. The standard InChI is InChI=1S/C19H24N2O3/c1-12-8-15-10-14(19(23)21-17(15)9-13(12)2)5-6-18(22)20-11-16-4-3-7-24-16/h8-10,16H,3-7,11H2,1-2H3,(H,20,22)(H,21,23). The van der Waals surface area contributed by atoms with Gasteiger partial charge in [0.15, 0.2) is 0 Å². The molecule has 1 aliphatic rings. The van der Waals surface area contributed by atoms with Gasteiger partial charge in [-0.25, -0.2) is 0 Å². The van der Waals surface area contributed by atoms with Crippen LogP contribution in [0.4, 0.5) is 0 Å². The number of aryl methyl sites for hydroxylation is 3. The molecule has 1 unspecified atom stereocenters. The molecule has 24 heavy (non-hydrogen) atoms. The summed E-state index contributed by atoms with van der Waals surface area (Å²) in [4.78, 5) is 27.1. The van der Waals surface area contributed by atoms with Crippen LogP contribution in [-0.4, -0.2) is 30.1 Å². The topological polar surface area (TPSA) is 71.2 Å². The van der Waals surface area contributed by atoms with Crippen molar-refractivity contribution in [1.82, 2.24) is 10.3 Å². The van der Waals surface area contributed by atoms with Gasteiger partial charge in [-0.3, -0.25) is 9.59 Å². The van der Waals surface area contributed by atoms with Crippen LogP contribution in [0.1, 0.15) is 36.0 Å². The third-order valence-electron chi connectivity index (χ3n) is 4.71. The number of ether oxygens (including phenoxy) is 1. The molecule has 0 spiro atoms. The highest BCUT2D eigenvalue weighted by atomic mass is 16.5. The normalized spacial score (nSPS) is 17.3. The minimum atomic E-state index is -0.113. The van der Waals surface area contributed by atoms with Crippen molar-refractivity contribution in [2.75, 3.05) is 13.2 Å². The van der Waals surface area contributed by atoms with E-state index < -0.39 is 0 Å². The van der Waals surface area contributed by atoms with Crippen molar-refractivity contribution >= 4 is 16.8 Å². The summed E-state index contributed by atoms with van der Waals surface area (Å²) in [5.41, 5.74) is 3.72. The summed E-state index contributed by atoms with van der Waals surface area (Å²) in [5.74, 6) is -0.0370. The number of hydrogen-bond donors (Lipinski definition) is 2. The molecule has 0 saturated carbocycles. The van der Waals surface area contributed by atoms with E-state index in [9.17, 15) is 9.59 Å². The Morgan fingerprint density at radius 2 is 2.08 bits per heavy atom. The smallest absolute Gasteiger partial charge is 0.251 e. The third-order valence-corrected chi connectivity index (χ3v) is 4.71. The Kier molecular flexibility index (Phi) is 5.00. The number of carbonyl (C=O) groups is 1. The van der Waals surface area contributed by atoms with Crippen molar-refractivity contribution in [2.24, 2.45) is 0 Å². The van der Waals surface area contributed by atoms with Gasteiger partial charge < -0.3 is 15.0 Å². The average Bonchev–Trinajstić information content (AvgIpc) is 3.06. The van der Waals surface area contributed by atoms with Crippen LogP contribution in [0.25, 0.3) is 10.9 Å². The maximum atomic E-state index is 12.2. The first-order valence-corrected chi connectivity index (χ1v) is 8.54. The molecule has 0 aliphatic carbocycles. The van der Waals surface area contributed by atoms with Crippen LogP contribution in [0.3, 0.4) is 0 Å². The summed E-state index contributed by atoms with van der Waals surface area (Å²) >= 11 is 0. The molecule has 2 heterocycles. The van der Waals surface area contributed by atoms with Crippen LogP contribution < -0.4 is 10.9 Å². The molecule has 1 fully saturated rings. The molecular formula is C19H24N2O3. The SMILES string of the molecule is Cc1cc2cc(CCC(=O)NCC3CCCO3)c(=O)[nH]c2cc1C. The zero-order chi connectivity index (χ0) is 17.1. The molecule has 1 amide bonds. The lowest BCUT2D eigenvalue weighted by molar-refractivity contribution is -0.121. The molecular weight excluding hydrogens is 304 g/mol. The van der Waals surface area contributed by atoms with Gasteiger partial charge in [-0.15, -0.1) is 0 Å². The van der Waals surface area contributed by atoms with Gasteiger partial charge in [-0.1, -0.05) is 0 Å². The zero-order valence-corrected chi connectivity index (χ0v) is 14.3. The predicted octanol–water partition coefficient (Wildman–Crippen LogP) is 2.37. The van der Waals surface area contributed by atoms with Crippen molar-refractivity contribution in [3.63, 3.8) is 0 Å². The van der Waals surface area contributed by atoms with E-state index >= 15 is 0 Å². The highest BCUT2D eigenvalue weighted by molar-refractivity contribution is 5.81. The Morgan fingerprint density at radius 1 is 1.29 bits per heavy atom. The van der Waals surface area contributed by atoms with Crippen LogP contribution in [0.15, 0.2) is 23.0 Å². The van der Waals surface area contributed by atoms with E-state index in [1.165, 1.54) is 5.56 Å². The molecule has 5 nitrogen and oxygen atoms in total. The molecule has 5 heteroatoms. The number of nitrogens with one attached hydrogen (secondary N) is 2. The number of amides is 1. The number of benzene rings is 1. The molecule has 1 aromatic heterocycles. The van der Waals surface area contributed by atoms with Gasteiger partial charge in [0.2, 0.25) is 5.91 Å². The van der Waals surface area contributed by atoms with Gasteiger partial charge in [0.25, 0.3) is 5.56 Å². The van der Waals surface area contributed by atoms with Crippen LogP contribution >= 0.6 is 0 Å². The maximum Gasteiger partial charge on any atom is 0.251 e. The van der Waals surface area contributed by atoms with Gasteiger partial charge in [0.1, 0.15) is 0 Å².